The zero-order valence-electron chi connectivity index (χ0n) is 52.3. The number of nitrogens with zero attached hydrogens (tertiary/aromatic N) is 1. The molecule has 9 nitrogen and oxygen atoms in total. The average Bonchev–Trinajstić information content (AvgIpc) is 3.41. The van der Waals surface area contributed by atoms with E-state index in [9.17, 15) is 19.0 Å². The normalized spacial score (nSPS) is 14.2. The van der Waals surface area contributed by atoms with Crippen LogP contribution in [0.15, 0.2) is 85.1 Å². The summed E-state index contributed by atoms with van der Waals surface area (Å²) in [5, 5.41) is 3.06. The van der Waals surface area contributed by atoms with E-state index in [4.69, 9.17) is 13.8 Å². The molecule has 0 spiro atoms. The van der Waals surface area contributed by atoms with Gasteiger partial charge < -0.3 is 19.4 Å². The van der Waals surface area contributed by atoms with E-state index in [-0.39, 0.29) is 31.5 Å². The number of quaternary nitrogens is 1. The Hall–Kier alpha value is -2.81. The number of likely N-dealkylation sites (N-methyl/N-ethyl adjacent to an activating group) is 1. The lowest BCUT2D eigenvalue weighted by Gasteiger charge is -2.27. The lowest BCUT2D eigenvalue weighted by Crippen LogP contribution is -2.47. The number of phosphoric ester groups is 1. The molecule has 0 saturated heterocycles. The van der Waals surface area contributed by atoms with Crippen molar-refractivity contribution in [3.8, 4) is 0 Å². The first-order chi connectivity index (χ1) is 38.4. The molecular formula is C69H126N2O7P+. The number of ether oxygens (including phenoxy) is 1. The smallest absolute Gasteiger partial charge is 0.456 e. The number of nitrogens with one attached hydrogen (secondary N) is 1. The maximum Gasteiger partial charge on any atom is 0.472 e. The lowest BCUT2D eigenvalue weighted by atomic mass is 10.0. The Morgan fingerprint density at radius 2 is 0.810 bits per heavy atom. The molecule has 10 heteroatoms. The standard InChI is InChI=1S/C69H125N2O7P/c1-7-10-13-16-19-22-25-27-29-30-31-32-33-34-35-36-37-38-39-40-42-43-46-49-52-55-58-61-68(72)70-66(65-77-79(74,75)76-64-63-71(4,5)6)67(60-57-54-51-48-45-24-21-18-15-12-9-3)78-69(73)62-59-56-53-50-47-44-41-28-26-23-20-17-14-11-8-2/h19-20,22-23,26-29,31-32,34-35,57,60,66-67H,7-18,21,24-25,30,33,36-56,58-59,61-65H2,1-6H3,(H-,70,72,74,75)/p+1/b22-19-,23-20+,28-26+,29-27-,32-31-,35-34-,60-57-. The number of allylic oxidation sites excluding steroid dienone is 13. The van der Waals surface area contributed by atoms with Crippen LogP contribution in [0.3, 0.4) is 0 Å². The van der Waals surface area contributed by atoms with Gasteiger partial charge in [-0.1, -0.05) is 260 Å². The second-order valence-corrected chi connectivity index (χ2v) is 24.8. The number of hydrogen-bond donors (Lipinski definition) is 2. The van der Waals surface area contributed by atoms with Crippen LogP contribution in [0.1, 0.15) is 290 Å². The summed E-state index contributed by atoms with van der Waals surface area (Å²) in [5.41, 5.74) is 0. The van der Waals surface area contributed by atoms with Gasteiger partial charge in [0.05, 0.1) is 33.8 Å². The van der Waals surface area contributed by atoms with E-state index in [1.54, 1.807) is 0 Å². The first-order valence-corrected chi connectivity index (χ1v) is 34.4. The Balaban J connectivity index is 5.06. The van der Waals surface area contributed by atoms with Crippen LogP contribution >= 0.6 is 7.82 Å². The SMILES string of the molecule is CCCCC/C=C\C/C=C\C/C=C\C/C=C\CCCCCCCCCCCCCC(=O)NC(COP(=O)(O)OCC[N+](C)(C)C)C(/C=C\CCCCCCCCCCC)OC(=O)CCCCCCCC/C=C/C=C/CCCCC. The van der Waals surface area contributed by atoms with Gasteiger partial charge in [0.25, 0.3) is 0 Å². The Morgan fingerprint density at radius 3 is 1.25 bits per heavy atom. The van der Waals surface area contributed by atoms with E-state index < -0.39 is 20.0 Å². The summed E-state index contributed by atoms with van der Waals surface area (Å²) in [4.78, 5) is 37.7. The van der Waals surface area contributed by atoms with E-state index in [2.05, 4.69) is 99.0 Å². The van der Waals surface area contributed by atoms with Crippen molar-refractivity contribution in [2.24, 2.45) is 0 Å². The molecule has 0 radical (unpaired) electrons. The van der Waals surface area contributed by atoms with E-state index >= 15 is 0 Å². The Labute approximate surface area is 488 Å². The van der Waals surface area contributed by atoms with Crippen molar-refractivity contribution in [2.75, 3.05) is 40.9 Å². The van der Waals surface area contributed by atoms with E-state index in [1.807, 2.05) is 33.3 Å². The summed E-state index contributed by atoms with van der Waals surface area (Å²) in [6, 6.07) is -0.858. The van der Waals surface area contributed by atoms with Crippen LogP contribution in [0.2, 0.25) is 0 Å². The van der Waals surface area contributed by atoms with Crippen molar-refractivity contribution in [3.63, 3.8) is 0 Å². The molecule has 0 aliphatic rings. The fourth-order valence-electron chi connectivity index (χ4n) is 9.21. The monoisotopic (exact) mass is 1130 g/mol. The molecule has 0 bridgehead atoms. The van der Waals surface area contributed by atoms with Crippen molar-refractivity contribution in [1.82, 2.24) is 5.32 Å². The highest BCUT2D eigenvalue weighted by Crippen LogP contribution is 2.43. The van der Waals surface area contributed by atoms with Crippen LogP contribution < -0.4 is 5.32 Å². The second kappa shape index (κ2) is 58.4. The summed E-state index contributed by atoms with van der Waals surface area (Å²) in [5.74, 6) is -0.521. The highest BCUT2D eigenvalue weighted by Gasteiger charge is 2.30. The Morgan fingerprint density at radius 1 is 0.456 bits per heavy atom. The summed E-state index contributed by atoms with van der Waals surface area (Å²) in [7, 11) is 1.48. The summed E-state index contributed by atoms with van der Waals surface area (Å²) in [6.07, 6.45) is 77.3. The minimum Gasteiger partial charge on any atom is -0.456 e. The molecular weight excluding hydrogens is 1000 g/mol. The molecule has 458 valence electrons. The Kier molecular flexibility index (Phi) is 56.3. The highest BCUT2D eigenvalue weighted by atomic mass is 31.2. The van der Waals surface area contributed by atoms with Gasteiger partial charge >= 0.3 is 13.8 Å². The highest BCUT2D eigenvalue weighted by molar-refractivity contribution is 7.47. The molecule has 3 unspecified atom stereocenters. The number of carbonyl (C=O) groups is 2. The van der Waals surface area contributed by atoms with Gasteiger partial charge in [-0.15, -0.1) is 0 Å². The topological polar surface area (TPSA) is 111 Å². The fourth-order valence-corrected chi connectivity index (χ4v) is 9.94. The third-order valence-electron chi connectivity index (χ3n) is 14.3. The quantitative estimate of drug-likeness (QED) is 0.0156. The molecule has 0 fully saturated rings. The predicted octanol–water partition coefficient (Wildman–Crippen LogP) is 20.6. The molecule has 0 aliphatic carbocycles. The first kappa shape index (κ1) is 76.2. The fraction of sp³-hybridized carbons (Fsp3) is 0.768. The van der Waals surface area contributed by atoms with E-state index in [1.165, 1.54) is 161 Å². The predicted molar refractivity (Wildman–Crippen MR) is 341 cm³/mol. The number of amides is 1. The largest absolute Gasteiger partial charge is 0.472 e. The van der Waals surface area contributed by atoms with Crippen LogP contribution in [0, 0.1) is 0 Å². The number of hydrogen-bond acceptors (Lipinski definition) is 6. The summed E-state index contributed by atoms with van der Waals surface area (Å²) >= 11 is 0. The van der Waals surface area contributed by atoms with Crippen molar-refractivity contribution in [3.05, 3.63) is 85.1 Å². The van der Waals surface area contributed by atoms with Crippen molar-refractivity contribution in [1.29, 1.82) is 0 Å². The molecule has 0 aromatic heterocycles. The number of unbranched alkanes of at least 4 members (excludes halogenated alkanes) is 32. The van der Waals surface area contributed by atoms with Gasteiger partial charge in [-0.3, -0.25) is 18.6 Å². The average molecular weight is 1130 g/mol. The van der Waals surface area contributed by atoms with Gasteiger partial charge in [-0.05, 0) is 102 Å². The molecule has 0 saturated carbocycles. The maximum atomic E-state index is 13.6. The zero-order valence-corrected chi connectivity index (χ0v) is 53.2. The van der Waals surface area contributed by atoms with Crippen LogP contribution in [0.5, 0.6) is 0 Å². The molecule has 0 aromatic carbocycles. The van der Waals surface area contributed by atoms with E-state index in [0.29, 0.717) is 17.4 Å². The van der Waals surface area contributed by atoms with Crippen LogP contribution in [0.4, 0.5) is 0 Å². The minimum atomic E-state index is -4.46. The van der Waals surface area contributed by atoms with Crippen molar-refractivity contribution >= 4 is 19.7 Å². The van der Waals surface area contributed by atoms with E-state index in [0.717, 1.165) is 96.3 Å². The van der Waals surface area contributed by atoms with Crippen LogP contribution in [-0.2, 0) is 27.9 Å². The van der Waals surface area contributed by atoms with Gasteiger partial charge in [0.2, 0.25) is 5.91 Å². The third kappa shape index (κ3) is 59.6. The summed E-state index contributed by atoms with van der Waals surface area (Å²) < 4.78 is 30.7. The van der Waals surface area contributed by atoms with Crippen molar-refractivity contribution < 1.29 is 37.3 Å². The molecule has 0 aliphatic heterocycles. The van der Waals surface area contributed by atoms with Gasteiger partial charge in [0, 0.05) is 12.8 Å². The third-order valence-corrected chi connectivity index (χ3v) is 15.3. The molecule has 3 atom stereocenters. The molecule has 1 amide bonds. The van der Waals surface area contributed by atoms with Crippen LogP contribution in [-0.4, -0.2) is 74.3 Å². The zero-order chi connectivity index (χ0) is 57.9. The van der Waals surface area contributed by atoms with Gasteiger partial charge in [0.1, 0.15) is 19.3 Å². The van der Waals surface area contributed by atoms with Crippen molar-refractivity contribution in [2.45, 2.75) is 303 Å². The maximum absolute atomic E-state index is 13.6. The minimum absolute atomic E-state index is 0.0348. The number of phosphoric acid groups is 1. The second-order valence-electron chi connectivity index (χ2n) is 23.3. The van der Waals surface area contributed by atoms with Gasteiger partial charge in [0.15, 0.2) is 0 Å². The van der Waals surface area contributed by atoms with Crippen LogP contribution in [0.25, 0.3) is 0 Å². The Bertz CT molecular complexity index is 1630. The number of esters is 1. The lowest BCUT2D eigenvalue weighted by molar-refractivity contribution is -0.870. The number of rotatable bonds is 59. The first-order valence-electron chi connectivity index (χ1n) is 32.9. The summed E-state index contributed by atoms with van der Waals surface area (Å²) in [6.45, 7) is 6.95. The number of carbonyl (C=O) groups excluding carboxylic acids is 2. The molecule has 0 rings (SSSR count). The molecule has 79 heavy (non-hydrogen) atoms. The molecule has 2 N–H and O–H groups in total. The van der Waals surface area contributed by atoms with Gasteiger partial charge in [-0.25, -0.2) is 4.57 Å². The van der Waals surface area contributed by atoms with Gasteiger partial charge in [-0.2, -0.15) is 0 Å². The molecule has 0 heterocycles. The molecule has 0 aromatic rings.